The van der Waals surface area contributed by atoms with Crippen LogP contribution in [0.1, 0.15) is 49.9 Å². The largest absolute Gasteiger partial charge is 0.486 e. The highest BCUT2D eigenvalue weighted by molar-refractivity contribution is 5.92. The number of ether oxygens (including phenoxy) is 1. The first kappa shape index (κ1) is 18.5. The van der Waals surface area contributed by atoms with Gasteiger partial charge in [0, 0.05) is 24.2 Å². The van der Waals surface area contributed by atoms with Gasteiger partial charge in [-0.1, -0.05) is 19.0 Å². The summed E-state index contributed by atoms with van der Waals surface area (Å²) in [4.78, 5) is 23.3. The molecule has 0 fully saturated rings. The number of nitrogens with one attached hydrogen (secondary N) is 2. The molecule has 1 aromatic carbocycles. The lowest BCUT2D eigenvalue weighted by Crippen LogP contribution is -2.32. The van der Waals surface area contributed by atoms with Crippen molar-refractivity contribution in [3.8, 4) is 5.75 Å². The lowest BCUT2D eigenvalue weighted by Gasteiger charge is -2.08. The fraction of sp³-hybridized carbons (Fsp3) is 0.389. The second-order valence-electron chi connectivity index (χ2n) is 5.68. The van der Waals surface area contributed by atoms with Crippen molar-refractivity contribution in [2.45, 2.75) is 46.3 Å². The van der Waals surface area contributed by atoms with Crippen LogP contribution in [0.5, 0.6) is 5.75 Å². The Morgan fingerprint density at radius 1 is 1.24 bits per heavy atom. The second kappa shape index (κ2) is 8.86. The summed E-state index contributed by atoms with van der Waals surface area (Å²) in [6.07, 6.45) is 1.27. The first-order valence-corrected chi connectivity index (χ1v) is 8.31. The van der Waals surface area contributed by atoms with Crippen molar-refractivity contribution in [3.63, 3.8) is 0 Å². The van der Waals surface area contributed by atoms with E-state index in [2.05, 4.69) is 15.8 Å². The third kappa shape index (κ3) is 5.63. The van der Waals surface area contributed by atoms with E-state index in [9.17, 15) is 9.59 Å². The van der Waals surface area contributed by atoms with E-state index in [1.54, 1.807) is 37.3 Å². The molecule has 0 bridgehead atoms. The number of amides is 2. The first-order chi connectivity index (χ1) is 12.0. The van der Waals surface area contributed by atoms with Crippen LogP contribution in [-0.2, 0) is 11.4 Å². The maximum Gasteiger partial charge on any atom is 0.273 e. The molecule has 25 heavy (non-hydrogen) atoms. The van der Waals surface area contributed by atoms with Gasteiger partial charge in [-0.2, -0.15) is 0 Å². The molecule has 2 amide bonds. The number of anilines is 1. The molecule has 2 N–H and O–H groups in total. The summed E-state index contributed by atoms with van der Waals surface area (Å²) in [7, 11) is 0. The van der Waals surface area contributed by atoms with E-state index in [0.29, 0.717) is 23.6 Å². The Morgan fingerprint density at radius 2 is 1.96 bits per heavy atom. The monoisotopic (exact) mass is 345 g/mol. The molecule has 2 aromatic rings. The van der Waals surface area contributed by atoms with Gasteiger partial charge in [0.15, 0.2) is 11.5 Å². The number of carbonyl (C=O) groups excluding carboxylic acids is 2. The van der Waals surface area contributed by atoms with Gasteiger partial charge in [0.2, 0.25) is 5.91 Å². The second-order valence-corrected chi connectivity index (χ2v) is 5.68. The molecule has 7 nitrogen and oxygen atoms in total. The molecule has 0 aliphatic rings. The van der Waals surface area contributed by atoms with Crippen LogP contribution < -0.4 is 15.4 Å². The molecular formula is C18H23N3O4. The molecule has 2 rings (SSSR count). The van der Waals surface area contributed by atoms with Crippen molar-refractivity contribution in [3.05, 3.63) is 41.8 Å². The van der Waals surface area contributed by atoms with Gasteiger partial charge < -0.3 is 19.9 Å². The molecule has 1 aromatic heterocycles. The van der Waals surface area contributed by atoms with Crippen molar-refractivity contribution in [2.75, 3.05) is 5.32 Å². The molecule has 0 saturated heterocycles. The summed E-state index contributed by atoms with van der Waals surface area (Å²) in [6.45, 7) is 5.87. The van der Waals surface area contributed by atoms with Crippen molar-refractivity contribution < 1.29 is 18.8 Å². The lowest BCUT2D eigenvalue weighted by atomic mass is 10.2. The fourth-order valence-corrected chi connectivity index (χ4v) is 1.93. The summed E-state index contributed by atoms with van der Waals surface area (Å²) < 4.78 is 10.7. The molecule has 0 unspecified atom stereocenters. The Bertz CT molecular complexity index is 709. The number of hydrogen-bond acceptors (Lipinski definition) is 5. The third-order valence-corrected chi connectivity index (χ3v) is 3.62. The van der Waals surface area contributed by atoms with Crippen LogP contribution in [0.15, 0.2) is 34.9 Å². The third-order valence-electron chi connectivity index (χ3n) is 3.62. The van der Waals surface area contributed by atoms with E-state index in [0.717, 1.165) is 6.42 Å². The number of rotatable bonds is 8. The topological polar surface area (TPSA) is 93.5 Å². The van der Waals surface area contributed by atoms with Gasteiger partial charge in [-0.3, -0.25) is 9.59 Å². The van der Waals surface area contributed by atoms with Gasteiger partial charge in [0.05, 0.1) is 0 Å². The zero-order valence-electron chi connectivity index (χ0n) is 14.7. The van der Waals surface area contributed by atoms with Crippen LogP contribution in [0.2, 0.25) is 0 Å². The molecule has 0 spiro atoms. The van der Waals surface area contributed by atoms with Crippen molar-refractivity contribution in [2.24, 2.45) is 0 Å². The van der Waals surface area contributed by atoms with E-state index in [1.807, 2.05) is 13.8 Å². The standard InChI is InChI=1S/C18H23N3O4/c1-4-12(3)19-18(23)16-10-15(25-21-16)11-24-14-8-6-13(7-9-14)20-17(22)5-2/h6-10,12H,4-5,11H2,1-3H3,(H,19,23)(H,20,22)/t12-/m1/s1. The van der Waals surface area contributed by atoms with Crippen LogP contribution in [-0.4, -0.2) is 23.0 Å². The van der Waals surface area contributed by atoms with Crippen molar-refractivity contribution in [1.29, 1.82) is 0 Å². The molecule has 0 aliphatic carbocycles. The predicted molar refractivity (Wildman–Crippen MR) is 93.4 cm³/mol. The van der Waals surface area contributed by atoms with E-state index < -0.39 is 0 Å². The number of aromatic nitrogens is 1. The predicted octanol–water partition coefficient (Wildman–Crippen LogP) is 3.13. The van der Waals surface area contributed by atoms with Gasteiger partial charge in [0.25, 0.3) is 5.91 Å². The average Bonchev–Trinajstić information content (AvgIpc) is 3.10. The Labute approximate surface area is 146 Å². The van der Waals surface area contributed by atoms with Gasteiger partial charge in [-0.25, -0.2) is 0 Å². The molecule has 0 aliphatic heterocycles. The minimum Gasteiger partial charge on any atom is -0.486 e. The first-order valence-electron chi connectivity index (χ1n) is 8.31. The highest BCUT2D eigenvalue weighted by Crippen LogP contribution is 2.17. The van der Waals surface area contributed by atoms with Crippen LogP contribution in [0.3, 0.4) is 0 Å². The molecule has 1 heterocycles. The van der Waals surface area contributed by atoms with E-state index in [4.69, 9.17) is 9.26 Å². The zero-order valence-corrected chi connectivity index (χ0v) is 14.7. The highest BCUT2D eigenvalue weighted by atomic mass is 16.5. The Morgan fingerprint density at radius 3 is 2.60 bits per heavy atom. The van der Waals surface area contributed by atoms with E-state index >= 15 is 0 Å². The number of nitrogens with zero attached hydrogens (tertiary/aromatic N) is 1. The average molecular weight is 345 g/mol. The van der Waals surface area contributed by atoms with Crippen LogP contribution in [0, 0.1) is 0 Å². The minimum atomic E-state index is -0.264. The van der Waals surface area contributed by atoms with Crippen LogP contribution >= 0.6 is 0 Å². The zero-order chi connectivity index (χ0) is 18.2. The van der Waals surface area contributed by atoms with Gasteiger partial charge in [0.1, 0.15) is 12.4 Å². The Balaban J connectivity index is 1.87. The highest BCUT2D eigenvalue weighted by Gasteiger charge is 2.14. The Kier molecular flexibility index (Phi) is 6.56. The minimum absolute atomic E-state index is 0.0430. The maximum atomic E-state index is 11.9. The Hall–Kier alpha value is -2.83. The summed E-state index contributed by atoms with van der Waals surface area (Å²) in [5, 5.41) is 9.34. The van der Waals surface area contributed by atoms with E-state index in [1.165, 1.54) is 0 Å². The molecular weight excluding hydrogens is 322 g/mol. The smallest absolute Gasteiger partial charge is 0.273 e. The number of carbonyl (C=O) groups is 2. The number of benzene rings is 1. The molecule has 134 valence electrons. The van der Waals surface area contributed by atoms with Crippen LogP contribution in [0.25, 0.3) is 0 Å². The quantitative estimate of drug-likeness (QED) is 0.766. The van der Waals surface area contributed by atoms with Crippen molar-refractivity contribution >= 4 is 17.5 Å². The summed E-state index contributed by atoms with van der Waals surface area (Å²) in [6, 6.07) is 8.66. The molecule has 0 radical (unpaired) electrons. The molecule has 1 atom stereocenters. The number of hydrogen-bond donors (Lipinski definition) is 2. The van der Waals surface area contributed by atoms with Gasteiger partial charge >= 0.3 is 0 Å². The van der Waals surface area contributed by atoms with Crippen molar-refractivity contribution in [1.82, 2.24) is 10.5 Å². The van der Waals surface area contributed by atoms with Gasteiger partial charge in [-0.15, -0.1) is 0 Å². The molecule has 7 heteroatoms. The SMILES string of the molecule is CCC(=O)Nc1ccc(OCc2cc(C(=O)N[C@H](C)CC)no2)cc1. The molecule has 0 saturated carbocycles. The summed E-state index contributed by atoms with van der Waals surface area (Å²) in [5.41, 5.74) is 0.944. The normalized spacial score (nSPS) is 11.6. The fourth-order valence-electron chi connectivity index (χ4n) is 1.93. The lowest BCUT2D eigenvalue weighted by molar-refractivity contribution is -0.115. The summed E-state index contributed by atoms with van der Waals surface area (Å²) in [5.74, 6) is 0.771. The maximum absolute atomic E-state index is 11.9. The summed E-state index contributed by atoms with van der Waals surface area (Å²) >= 11 is 0. The van der Waals surface area contributed by atoms with Gasteiger partial charge in [-0.05, 0) is 37.6 Å². The van der Waals surface area contributed by atoms with Crippen LogP contribution in [0.4, 0.5) is 5.69 Å². The van der Waals surface area contributed by atoms with E-state index in [-0.39, 0.29) is 30.2 Å².